The molecule has 0 amide bonds. The number of carbonyl (C=O) groups excluding carboxylic acids is 1. The summed E-state index contributed by atoms with van der Waals surface area (Å²) in [6.45, 7) is 0. The normalized spacial score (nSPS) is 9.89. The zero-order valence-electron chi connectivity index (χ0n) is 11.4. The lowest BCUT2D eigenvalue weighted by atomic mass is 10.0. The second kappa shape index (κ2) is 9.09. The first-order valence-corrected chi connectivity index (χ1v) is 6.68. The van der Waals surface area contributed by atoms with Gasteiger partial charge < -0.3 is 4.74 Å². The van der Waals surface area contributed by atoms with Gasteiger partial charge in [0.15, 0.2) is 0 Å². The molecule has 0 unspecified atom stereocenters. The molecule has 19 heavy (non-hydrogen) atoms. The number of aromatic nitrogens is 1. The number of pyridine rings is 1. The highest BCUT2D eigenvalue weighted by atomic mass is 16.5. The van der Waals surface area contributed by atoms with E-state index in [2.05, 4.69) is 15.8 Å². The van der Waals surface area contributed by atoms with Crippen LogP contribution in [0.1, 0.15) is 49.8 Å². The first-order chi connectivity index (χ1) is 9.27. The Morgan fingerprint density at radius 2 is 2.05 bits per heavy atom. The largest absolute Gasteiger partial charge is 0.469 e. The first kappa shape index (κ1) is 15.2. The fraction of sp³-hybridized carbons (Fsp3) is 0.533. The molecule has 0 saturated heterocycles. The maximum absolute atomic E-state index is 10.9. The maximum Gasteiger partial charge on any atom is 0.305 e. The van der Waals surface area contributed by atoms with Gasteiger partial charge >= 0.3 is 5.97 Å². The van der Waals surface area contributed by atoms with Crippen molar-refractivity contribution in [1.29, 1.82) is 5.26 Å². The number of rotatable bonds is 8. The van der Waals surface area contributed by atoms with E-state index in [0.717, 1.165) is 44.1 Å². The number of methoxy groups -OCH3 is 1. The number of nitriles is 1. The Balaban J connectivity index is 2.11. The summed E-state index contributed by atoms with van der Waals surface area (Å²) in [5.41, 5.74) is 1.56. The zero-order chi connectivity index (χ0) is 13.9. The molecule has 1 rings (SSSR count). The van der Waals surface area contributed by atoms with Gasteiger partial charge in [-0.05, 0) is 30.9 Å². The van der Waals surface area contributed by atoms with Gasteiger partial charge in [-0.3, -0.25) is 4.79 Å². The van der Waals surface area contributed by atoms with Gasteiger partial charge in [-0.15, -0.1) is 0 Å². The number of hydrogen-bond donors (Lipinski definition) is 0. The predicted octanol–water partition coefficient (Wildman–Crippen LogP) is 3.01. The molecule has 102 valence electrons. The van der Waals surface area contributed by atoms with Crippen molar-refractivity contribution in [2.24, 2.45) is 0 Å². The molecular formula is C15H20N2O2. The van der Waals surface area contributed by atoms with Gasteiger partial charge in [-0.2, -0.15) is 5.26 Å². The quantitative estimate of drug-likeness (QED) is 0.532. The molecule has 0 aliphatic heterocycles. The lowest BCUT2D eigenvalue weighted by Crippen LogP contribution is -1.99. The average Bonchev–Trinajstić information content (AvgIpc) is 2.46. The highest BCUT2D eigenvalue weighted by Crippen LogP contribution is 2.11. The van der Waals surface area contributed by atoms with Crippen LogP contribution in [0.25, 0.3) is 0 Å². The Labute approximate surface area is 114 Å². The average molecular weight is 260 g/mol. The molecule has 0 saturated carbocycles. The summed E-state index contributed by atoms with van der Waals surface area (Å²) in [6, 6.07) is 5.94. The number of hydrogen-bond acceptors (Lipinski definition) is 4. The van der Waals surface area contributed by atoms with Crippen LogP contribution >= 0.6 is 0 Å². The Morgan fingerprint density at radius 1 is 1.32 bits per heavy atom. The van der Waals surface area contributed by atoms with E-state index in [4.69, 9.17) is 5.26 Å². The van der Waals surface area contributed by atoms with E-state index in [1.165, 1.54) is 7.11 Å². The van der Waals surface area contributed by atoms with E-state index in [0.29, 0.717) is 12.1 Å². The van der Waals surface area contributed by atoms with Crippen molar-refractivity contribution in [3.8, 4) is 6.07 Å². The van der Waals surface area contributed by atoms with Crippen molar-refractivity contribution >= 4 is 5.97 Å². The van der Waals surface area contributed by atoms with E-state index >= 15 is 0 Å². The van der Waals surface area contributed by atoms with Gasteiger partial charge in [0.2, 0.25) is 0 Å². The van der Waals surface area contributed by atoms with Gasteiger partial charge in [0.25, 0.3) is 0 Å². The van der Waals surface area contributed by atoms with Gasteiger partial charge in [-0.25, -0.2) is 4.98 Å². The van der Waals surface area contributed by atoms with Gasteiger partial charge in [0, 0.05) is 12.6 Å². The summed E-state index contributed by atoms with van der Waals surface area (Å²) in [5, 5.41) is 8.91. The van der Waals surface area contributed by atoms with Crippen molar-refractivity contribution in [2.45, 2.75) is 44.9 Å². The maximum atomic E-state index is 10.9. The van der Waals surface area contributed by atoms with Gasteiger partial charge in [0.1, 0.15) is 11.8 Å². The highest BCUT2D eigenvalue weighted by Gasteiger charge is 2.02. The fourth-order valence-electron chi connectivity index (χ4n) is 1.96. The minimum absolute atomic E-state index is 0.131. The standard InChI is InChI=1S/C15H20N2O2/c1-19-15(18)10-6-4-2-3-5-8-13-9-7-11-17-14(13)12-16/h7,9,11H,2-6,8,10H2,1H3. The number of nitrogens with zero attached hydrogens (tertiary/aromatic N) is 2. The van der Waals surface area contributed by atoms with E-state index < -0.39 is 0 Å². The summed E-state index contributed by atoms with van der Waals surface area (Å²) in [7, 11) is 1.42. The van der Waals surface area contributed by atoms with Crippen LogP contribution in [-0.4, -0.2) is 18.1 Å². The first-order valence-electron chi connectivity index (χ1n) is 6.68. The number of ether oxygens (including phenoxy) is 1. The zero-order valence-corrected chi connectivity index (χ0v) is 11.4. The molecule has 0 bridgehead atoms. The van der Waals surface area contributed by atoms with Gasteiger partial charge in [0.05, 0.1) is 7.11 Å². The lowest BCUT2D eigenvalue weighted by Gasteiger charge is -2.03. The molecule has 0 aromatic carbocycles. The fourth-order valence-corrected chi connectivity index (χ4v) is 1.96. The van der Waals surface area contributed by atoms with Crippen LogP contribution in [0.15, 0.2) is 18.3 Å². The van der Waals surface area contributed by atoms with Crippen molar-refractivity contribution in [2.75, 3.05) is 7.11 Å². The minimum Gasteiger partial charge on any atom is -0.469 e. The van der Waals surface area contributed by atoms with E-state index in [1.807, 2.05) is 12.1 Å². The van der Waals surface area contributed by atoms with Crippen LogP contribution in [0, 0.1) is 11.3 Å². The topological polar surface area (TPSA) is 63.0 Å². The van der Waals surface area contributed by atoms with Crippen LogP contribution in [0.4, 0.5) is 0 Å². The van der Waals surface area contributed by atoms with E-state index in [-0.39, 0.29) is 5.97 Å². The highest BCUT2D eigenvalue weighted by molar-refractivity contribution is 5.68. The molecule has 4 nitrogen and oxygen atoms in total. The monoisotopic (exact) mass is 260 g/mol. The number of carbonyl (C=O) groups is 1. The molecule has 1 aromatic heterocycles. The summed E-state index contributed by atoms with van der Waals surface area (Å²) in [6.07, 6.45) is 8.27. The molecule has 0 radical (unpaired) electrons. The molecule has 4 heteroatoms. The van der Waals surface area contributed by atoms with Crippen LogP contribution < -0.4 is 0 Å². The summed E-state index contributed by atoms with van der Waals surface area (Å²) in [4.78, 5) is 14.9. The number of esters is 1. The van der Waals surface area contributed by atoms with E-state index in [9.17, 15) is 4.79 Å². The van der Waals surface area contributed by atoms with Crippen molar-refractivity contribution in [3.05, 3.63) is 29.6 Å². The third-order valence-corrected chi connectivity index (χ3v) is 3.05. The summed E-state index contributed by atoms with van der Waals surface area (Å²) >= 11 is 0. The third-order valence-electron chi connectivity index (χ3n) is 3.05. The molecule has 0 aliphatic carbocycles. The molecule has 1 heterocycles. The second-order valence-corrected chi connectivity index (χ2v) is 4.47. The molecule has 1 aromatic rings. The summed E-state index contributed by atoms with van der Waals surface area (Å²) < 4.78 is 4.58. The Morgan fingerprint density at radius 3 is 2.79 bits per heavy atom. The van der Waals surface area contributed by atoms with Crippen molar-refractivity contribution < 1.29 is 9.53 Å². The molecule has 0 aliphatic rings. The summed E-state index contributed by atoms with van der Waals surface area (Å²) in [5.74, 6) is -0.131. The van der Waals surface area contributed by atoms with Crippen LogP contribution in [-0.2, 0) is 16.0 Å². The van der Waals surface area contributed by atoms with Crippen molar-refractivity contribution in [3.63, 3.8) is 0 Å². The third kappa shape index (κ3) is 6.01. The van der Waals surface area contributed by atoms with E-state index in [1.54, 1.807) is 6.20 Å². The predicted molar refractivity (Wildman–Crippen MR) is 72.4 cm³/mol. The Bertz CT molecular complexity index is 438. The Kier molecular flexibility index (Phi) is 7.26. The number of aryl methyl sites for hydroxylation is 1. The number of unbranched alkanes of at least 4 members (excludes halogenated alkanes) is 4. The van der Waals surface area contributed by atoms with Crippen LogP contribution in [0.3, 0.4) is 0 Å². The Hall–Kier alpha value is -1.89. The smallest absolute Gasteiger partial charge is 0.305 e. The molecular weight excluding hydrogens is 240 g/mol. The van der Waals surface area contributed by atoms with Crippen LogP contribution in [0.5, 0.6) is 0 Å². The molecule has 0 atom stereocenters. The minimum atomic E-state index is -0.131. The van der Waals surface area contributed by atoms with Crippen LogP contribution in [0.2, 0.25) is 0 Å². The lowest BCUT2D eigenvalue weighted by molar-refractivity contribution is -0.140. The van der Waals surface area contributed by atoms with Crippen molar-refractivity contribution in [1.82, 2.24) is 4.98 Å². The second-order valence-electron chi connectivity index (χ2n) is 4.47. The molecule has 0 N–H and O–H groups in total. The molecule has 0 spiro atoms. The SMILES string of the molecule is COC(=O)CCCCCCCc1cccnc1C#N. The molecule has 0 fully saturated rings. The van der Waals surface area contributed by atoms with Gasteiger partial charge in [-0.1, -0.05) is 25.3 Å².